The van der Waals surface area contributed by atoms with Gasteiger partial charge < -0.3 is 20.1 Å². The number of aliphatic hydroxyl groups is 3. The third-order valence-electron chi connectivity index (χ3n) is 13.4. The smallest absolute Gasteiger partial charge is 0.302 e. The van der Waals surface area contributed by atoms with Crippen LogP contribution >= 0.6 is 0 Å². The minimum atomic E-state index is -0.764. The van der Waals surface area contributed by atoms with Crippen molar-refractivity contribution in [3.63, 3.8) is 0 Å². The number of aliphatic hydroxyl groups excluding tert-OH is 3. The molecule has 0 heterocycles. The molecule has 37 heavy (non-hydrogen) atoms. The summed E-state index contributed by atoms with van der Waals surface area (Å²) in [7, 11) is 0. The fourth-order valence-electron chi connectivity index (χ4n) is 11.7. The molecule has 210 valence electrons. The van der Waals surface area contributed by atoms with Crippen LogP contribution in [-0.2, 0) is 9.53 Å². The van der Waals surface area contributed by atoms with Crippen molar-refractivity contribution < 1.29 is 24.9 Å². The normalized spacial score (nSPS) is 54.5. The number of ether oxygens (including phenoxy) is 1. The molecule has 0 saturated heterocycles. The molecule has 4 saturated carbocycles. The molecule has 5 rings (SSSR count). The van der Waals surface area contributed by atoms with Gasteiger partial charge in [-0.05, 0) is 89.3 Å². The maximum atomic E-state index is 12.0. The van der Waals surface area contributed by atoms with Crippen LogP contribution in [0.5, 0.6) is 0 Å². The number of hydrogen-bond acceptors (Lipinski definition) is 5. The third-order valence-corrected chi connectivity index (χ3v) is 13.4. The summed E-state index contributed by atoms with van der Waals surface area (Å²) >= 11 is 0. The average molecular weight is 517 g/mol. The molecule has 0 aromatic rings. The molecule has 5 nitrogen and oxygen atoms in total. The Labute approximate surface area is 224 Å². The standard InChI is InChI=1S/C32H52O5/c1-17(2)20-14-22(35)26-29(20,6)12-13-31(8)25-19(10-11-32(26,31)9)30(7)16-23(37-18(3)33)27(36)28(4,5)24(30)15-21(25)34/h10,17,20-27,34-36H,11-16H2,1-9H3/t20-,21-,22+,23+,24-,25-,26-,27-,29-,30+,31-,32+/m0/s1. The van der Waals surface area contributed by atoms with Gasteiger partial charge in [0.15, 0.2) is 0 Å². The van der Waals surface area contributed by atoms with Crippen molar-refractivity contribution >= 4 is 5.97 Å². The lowest BCUT2D eigenvalue weighted by molar-refractivity contribution is -0.220. The Morgan fingerprint density at radius 3 is 2.22 bits per heavy atom. The molecule has 3 N–H and O–H groups in total. The zero-order valence-corrected chi connectivity index (χ0v) is 24.7. The van der Waals surface area contributed by atoms with E-state index in [2.05, 4.69) is 61.5 Å². The first-order valence-electron chi connectivity index (χ1n) is 14.9. The summed E-state index contributed by atoms with van der Waals surface area (Å²) in [5.74, 6) is 1.01. The Morgan fingerprint density at radius 2 is 1.62 bits per heavy atom. The molecule has 5 aliphatic rings. The van der Waals surface area contributed by atoms with Crippen molar-refractivity contribution in [2.45, 2.75) is 125 Å². The average Bonchev–Trinajstić information content (AvgIpc) is 3.06. The van der Waals surface area contributed by atoms with Crippen molar-refractivity contribution in [2.75, 3.05) is 0 Å². The van der Waals surface area contributed by atoms with Crippen LogP contribution in [0.25, 0.3) is 0 Å². The summed E-state index contributed by atoms with van der Waals surface area (Å²) in [5.41, 5.74) is 0.394. The van der Waals surface area contributed by atoms with Crippen LogP contribution < -0.4 is 0 Å². The number of esters is 1. The molecule has 0 bridgehead atoms. The van der Waals surface area contributed by atoms with Gasteiger partial charge in [0, 0.05) is 12.8 Å². The molecular weight excluding hydrogens is 464 g/mol. The maximum absolute atomic E-state index is 12.0. The summed E-state index contributed by atoms with van der Waals surface area (Å²) in [6, 6.07) is 0. The van der Waals surface area contributed by atoms with Gasteiger partial charge in [0.1, 0.15) is 6.10 Å². The second-order valence-corrected chi connectivity index (χ2v) is 15.7. The van der Waals surface area contributed by atoms with Gasteiger partial charge >= 0.3 is 5.97 Å². The predicted molar refractivity (Wildman–Crippen MR) is 144 cm³/mol. The minimum absolute atomic E-state index is 0.00590. The molecule has 0 aromatic carbocycles. The van der Waals surface area contributed by atoms with Gasteiger partial charge in [0.25, 0.3) is 0 Å². The first-order valence-corrected chi connectivity index (χ1v) is 14.9. The Bertz CT molecular complexity index is 986. The second-order valence-electron chi connectivity index (χ2n) is 15.7. The van der Waals surface area contributed by atoms with Crippen molar-refractivity contribution in [1.29, 1.82) is 0 Å². The van der Waals surface area contributed by atoms with E-state index >= 15 is 0 Å². The topological polar surface area (TPSA) is 87.0 Å². The fraction of sp³-hybridized carbons (Fsp3) is 0.906. The number of hydrogen-bond donors (Lipinski definition) is 3. The quantitative estimate of drug-likeness (QED) is 0.333. The third kappa shape index (κ3) is 3.41. The van der Waals surface area contributed by atoms with E-state index < -0.39 is 23.7 Å². The van der Waals surface area contributed by atoms with E-state index in [9.17, 15) is 20.1 Å². The Balaban J connectivity index is 1.61. The zero-order chi connectivity index (χ0) is 27.5. The van der Waals surface area contributed by atoms with Crippen LogP contribution in [0.4, 0.5) is 0 Å². The lowest BCUT2D eigenvalue weighted by Crippen LogP contribution is -2.67. The molecule has 12 atom stereocenters. The van der Waals surface area contributed by atoms with Crippen LogP contribution in [0.2, 0.25) is 0 Å². The van der Waals surface area contributed by atoms with Gasteiger partial charge in [-0.3, -0.25) is 4.79 Å². The monoisotopic (exact) mass is 516 g/mol. The lowest BCUT2D eigenvalue weighted by Gasteiger charge is -2.70. The SMILES string of the molecule is CC(=O)O[C@@H]1C[C@]2(C)C3=CC[C@]4(C)[C@H]5[C@H](O)C[C@@H](C(C)C)[C@]5(C)CC[C@@]4(C)[C@@H]3[C@@H](O)C[C@H]2C(C)(C)[C@H]1O. The van der Waals surface area contributed by atoms with Crippen LogP contribution in [-0.4, -0.2) is 45.7 Å². The Morgan fingerprint density at radius 1 is 0.973 bits per heavy atom. The molecule has 0 aliphatic heterocycles. The van der Waals surface area contributed by atoms with Gasteiger partial charge in [-0.2, -0.15) is 0 Å². The van der Waals surface area contributed by atoms with E-state index in [1.807, 2.05) is 0 Å². The Hall–Kier alpha value is -0.910. The van der Waals surface area contributed by atoms with Crippen molar-refractivity contribution in [3.05, 3.63) is 11.6 Å². The molecule has 5 heteroatoms. The number of fused-ring (bicyclic) bond motifs is 7. The van der Waals surface area contributed by atoms with E-state index in [1.54, 1.807) is 0 Å². The number of carbonyl (C=O) groups is 1. The molecule has 0 amide bonds. The highest BCUT2D eigenvalue weighted by Gasteiger charge is 2.72. The van der Waals surface area contributed by atoms with Crippen LogP contribution in [0.3, 0.4) is 0 Å². The largest absolute Gasteiger partial charge is 0.460 e. The molecule has 0 unspecified atom stereocenters. The highest BCUT2D eigenvalue weighted by Crippen LogP contribution is 2.76. The molecule has 0 aromatic heterocycles. The molecule has 5 aliphatic carbocycles. The van der Waals surface area contributed by atoms with Crippen LogP contribution in [0, 0.1) is 56.7 Å². The van der Waals surface area contributed by atoms with E-state index in [1.165, 1.54) is 12.5 Å². The highest BCUT2D eigenvalue weighted by molar-refractivity contribution is 5.66. The minimum Gasteiger partial charge on any atom is -0.460 e. The van der Waals surface area contributed by atoms with Gasteiger partial charge in [-0.1, -0.05) is 67.0 Å². The first kappa shape index (κ1) is 27.6. The maximum Gasteiger partial charge on any atom is 0.302 e. The summed E-state index contributed by atoms with van der Waals surface area (Å²) in [6.07, 6.45) is 5.44. The number of carbonyl (C=O) groups excluding carboxylic acids is 1. The summed E-state index contributed by atoms with van der Waals surface area (Å²) < 4.78 is 5.72. The number of allylic oxidation sites excluding steroid dienone is 1. The fourth-order valence-corrected chi connectivity index (χ4v) is 11.7. The van der Waals surface area contributed by atoms with Crippen LogP contribution in [0.1, 0.15) is 101 Å². The lowest BCUT2D eigenvalue weighted by atomic mass is 9.35. The van der Waals surface area contributed by atoms with Gasteiger partial charge in [0.05, 0.1) is 18.3 Å². The number of rotatable bonds is 2. The molecular formula is C32H52O5. The predicted octanol–water partition coefficient (Wildman–Crippen LogP) is 5.51. The molecule has 0 spiro atoms. The van der Waals surface area contributed by atoms with E-state index in [0.717, 1.165) is 25.7 Å². The van der Waals surface area contributed by atoms with Gasteiger partial charge in [0.2, 0.25) is 0 Å². The first-order chi connectivity index (χ1) is 16.9. The summed E-state index contributed by atoms with van der Waals surface area (Å²) in [5, 5.41) is 34.8. The van der Waals surface area contributed by atoms with Gasteiger partial charge in [-0.15, -0.1) is 0 Å². The van der Waals surface area contributed by atoms with Crippen molar-refractivity contribution in [3.8, 4) is 0 Å². The van der Waals surface area contributed by atoms with Gasteiger partial charge in [-0.25, -0.2) is 0 Å². The highest BCUT2D eigenvalue weighted by atomic mass is 16.6. The summed E-state index contributed by atoms with van der Waals surface area (Å²) in [6.45, 7) is 19.7. The van der Waals surface area contributed by atoms with Crippen LogP contribution in [0.15, 0.2) is 11.6 Å². The summed E-state index contributed by atoms with van der Waals surface area (Å²) in [4.78, 5) is 12.0. The van der Waals surface area contributed by atoms with Crippen molar-refractivity contribution in [2.24, 2.45) is 56.7 Å². The molecule has 0 radical (unpaired) electrons. The van der Waals surface area contributed by atoms with Crippen molar-refractivity contribution in [1.82, 2.24) is 0 Å². The van der Waals surface area contributed by atoms with E-state index in [-0.39, 0.29) is 51.5 Å². The van der Waals surface area contributed by atoms with E-state index in [0.29, 0.717) is 24.7 Å². The second kappa shape index (κ2) is 8.30. The Kier molecular flexibility index (Phi) is 6.20. The van der Waals surface area contributed by atoms with E-state index in [4.69, 9.17) is 4.74 Å². The zero-order valence-electron chi connectivity index (χ0n) is 24.7. The molecule has 4 fully saturated rings.